The second kappa shape index (κ2) is 6.16. The molecule has 0 spiro atoms. The number of hydrogen-bond donors (Lipinski definition) is 0. The van der Waals surface area contributed by atoms with Crippen LogP contribution in [0.3, 0.4) is 0 Å². The Labute approximate surface area is 120 Å². The van der Waals surface area contributed by atoms with E-state index in [1.807, 2.05) is 6.07 Å². The van der Waals surface area contributed by atoms with Crippen molar-refractivity contribution in [1.82, 2.24) is 14.9 Å². The van der Waals surface area contributed by atoms with Crippen LogP contribution in [0.25, 0.3) is 0 Å². The molecule has 1 saturated heterocycles. The third-order valence-corrected chi connectivity index (χ3v) is 3.63. The summed E-state index contributed by atoms with van der Waals surface area (Å²) in [7, 11) is 0. The van der Waals surface area contributed by atoms with E-state index < -0.39 is 0 Å². The maximum absolute atomic E-state index is 6.09. The van der Waals surface area contributed by atoms with Crippen molar-refractivity contribution in [3.05, 3.63) is 22.7 Å². The van der Waals surface area contributed by atoms with Crippen molar-refractivity contribution in [2.45, 2.75) is 45.8 Å². The number of morpholine rings is 1. The van der Waals surface area contributed by atoms with E-state index in [4.69, 9.17) is 16.3 Å². The average Bonchev–Trinajstić information content (AvgIpc) is 2.38. The quantitative estimate of drug-likeness (QED) is 0.799. The van der Waals surface area contributed by atoms with Crippen LogP contribution in [0.2, 0.25) is 5.15 Å². The van der Waals surface area contributed by atoms with Gasteiger partial charge in [-0.25, -0.2) is 9.97 Å². The Kier molecular flexibility index (Phi) is 4.76. The smallest absolute Gasteiger partial charge is 0.160 e. The molecule has 0 saturated carbocycles. The summed E-state index contributed by atoms with van der Waals surface area (Å²) in [6.45, 7) is 11.1. The Morgan fingerprint density at radius 1 is 1.32 bits per heavy atom. The van der Waals surface area contributed by atoms with Gasteiger partial charge in [0.25, 0.3) is 0 Å². The minimum Gasteiger partial charge on any atom is -0.368 e. The van der Waals surface area contributed by atoms with E-state index in [0.717, 1.165) is 25.4 Å². The van der Waals surface area contributed by atoms with Gasteiger partial charge in [-0.05, 0) is 25.8 Å². The summed E-state index contributed by atoms with van der Waals surface area (Å²) >= 11 is 6.09. The fourth-order valence-electron chi connectivity index (χ4n) is 2.19. The molecule has 1 aliphatic heterocycles. The molecule has 1 atom stereocenters. The van der Waals surface area contributed by atoms with Crippen LogP contribution in [-0.4, -0.2) is 40.6 Å². The van der Waals surface area contributed by atoms with Crippen LogP contribution in [0, 0.1) is 0 Å². The molecule has 0 aromatic carbocycles. The largest absolute Gasteiger partial charge is 0.368 e. The highest BCUT2D eigenvalue weighted by atomic mass is 35.5. The van der Waals surface area contributed by atoms with Gasteiger partial charge in [0.2, 0.25) is 0 Å². The summed E-state index contributed by atoms with van der Waals surface area (Å²) in [6.07, 6.45) is -0.0765. The van der Waals surface area contributed by atoms with E-state index in [2.05, 4.69) is 42.6 Å². The molecule has 2 heterocycles. The molecule has 1 aliphatic rings. The molecule has 106 valence electrons. The van der Waals surface area contributed by atoms with E-state index >= 15 is 0 Å². The number of hydrogen-bond acceptors (Lipinski definition) is 4. The lowest BCUT2D eigenvalue weighted by molar-refractivity contribution is -0.0443. The number of aromatic nitrogens is 2. The zero-order valence-electron chi connectivity index (χ0n) is 12.1. The van der Waals surface area contributed by atoms with Crippen LogP contribution in [-0.2, 0) is 4.74 Å². The Hall–Kier alpha value is -0.710. The maximum Gasteiger partial charge on any atom is 0.160 e. The minimum absolute atomic E-state index is 0.0765. The van der Waals surface area contributed by atoms with Crippen LogP contribution >= 0.6 is 11.6 Å². The molecule has 4 nitrogen and oxygen atoms in total. The van der Waals surface area contributed by atoms with Crippen molar-refractivity contribution in [3.8, 4) is 0 Å². The topological polar surface area (TPSA) is 38.2 Å². The molecule has 0 radical (unpaired) electrons. The first-order valence-corrected chi connectivity index (χ1v) is 7.25. The van der Waals surface area contributed by atoms with Gasteiger partial charge < -0.3 is 4.74 Å². The molecule has 0 aliphatic carbocycles. The Morgan fingerprint density at radius 2 is 2.05 bits per heavy atom. The highest BCUT2D eigenvalue weighted by Gasteiger charge is 2.26. The average molecular weight is 284 g/mol. The first-order chi connectivity index (χ1) is 8.97. The monoisotopic (exact) mass is 283 g/mol. The van der Waals surface area contributed by atoms with Gasteiger partial charge in [0.1, 0.15) is 11.3 Å². The number of ether oxygens (including phenoxy) is 1. The summed E-state index contributed by atoms with van der Waals surface area (Å²) < 4.78 is 5.81. The molecule has 1 fully saturated rings. The molecule has 19 heavy (non-hydrogen) atoms. The summed E-state index contributed by atoms with van der Waals surface area (Å²) in [4.78, 5) is 11.3. The standard InChI is InChI=1S/C14H22ClN3O/c1-9(2)11-7-13(15)17-14(16-11)12-8-18(10(3)4)5-6-19-12/h7,9-10,12H,5-6,8H2,1-4H3. The minimum atomic E-state index is -0.0765. The van der Waals surface area contributed by atoms with Gasteiger partial charge in [0.05, 0.1) is 6.61 Å². The Bertz CT molecular complexity index is 437. The van der Waals surface area contributed by atoms with Gasteiger partial charge in [0, 0.05) is 24.8 Å². The lowest BCUT2D eigenvalue weighted by Crippen LogP contribution is -2.42. The van der Waals surface area contributed by atoms with Crippen LogP contribution in [0.5, 0.6) is 0 Å². The van der Waals surface area contributed by atoms with Crippen molar-refractivity contribution in [2.75, 3.05) is 19.7 Å². The lowest BCUT2D eigenvalue weighted by Gasteiger charge is -2.34. The molecule has 0 bridgehead atoms. The molecular weight excluding hydrogens is 262 g/mol. The van der Waals surface area contributed by atoms with E-state index in [-0.39, 0.29) is 6.10 Å². The second-order valence-corrected chi connectivity index (χ2v) is 5.96. The van der Waals surface area contributed by atoms with Crippen molar-refractivity contribution < 1.29 is 4.74 Å². The highest BCUT2D eigenvalue weighted by molar-refractivity contribution is 6.29. The van der Waals surface area contributed by atoms with Crippen LogP contribution in [0.4, 0.5) is 0 Å². The number of halogens is 1. The van der Waals surface area contributed by atoms with E-state index in [1.165, 1.54) is 0 Å². The van der Waals surface area contributed by atoms with Gasteiger partial charge in [-0.2, -0.15) is 0 Å². The predicted molar refractivity (Wildman–Crippen MR) is 76.5 cm³/mol. The van der Waals surface area contributed by atoms with Gasteiger partial charge in [-0.15, -0.1) is 0 Å². The predicted octanol–water partition coefficient (Wildman–Crippen LogP) is 3.04. The fraction of sp³-hybridized carbons (Fsp3) is 0.714. The van der Waals surface area contributed by atoms with Gasteiger partial charge in [-0.1, -0.05) is 25.4 Å². The molecular formula is C14H22ClN3O. The molecule has 1 aromatic heterocycles. The molecule has 2 rings (SSSR count). The van der Waals surface area contributed by atoms with Gasteiger partial charge >= 0.3 is 0 Å². The Morgan fingerprint density at radius 3 is 2.68 bits per heavy atom. The first kappa shape index (κ1) is 14.7. The highest BCUT2D eigenvalue weighted by Crippen LogP contribution is 2.24. The first-order valence-electron chi connectivity index (χ1n) is 6.87. The molecule has 1 unspecified atom stereocenters. The number of nitrogens with zero attached hydrogens (tertiary/aromatic N) is 3. The van der Waals surface area contributed by atoms with E-state index in [1.54, 1.807) is 0 Å². The van der Waals surface area contributed by atoms with Gasteiger partial charge in [0.15, 0.2) is 5.82 Å². The summed E-state index contributed by atoms with van der Waals surface area (Å²) in [6, 6.07) is 2.34. The van der Waals surface area contributed by atoms with Crippen molar-refractivity contribution in [2.24, 2.45) is 0 Å². The summed E-state index contributed by atoms with van der Waals surface area (Å²) in [5.41, 5.74) is 0.972. The Balaban J connectivity index is 2.21. The second-order valence-electron chi connectivity index (χ2n) is 5.58. The van der Waals surface area contributed by atoms with Crippen molar-refractivity contribution >= 4 is 11.6 Å². The van der Waals surface area contributed by atoms with Crippen LogP contribution in [0.15, 0.2) is 6.07 Å². The molecule has 1 aromatic rings. The summed E-state index contributed by atoms with van der Waals surface area (Å²) in [5, 5.41) is 0.499. The molecule has 0 amide bonds. The summed E-state index contributed by atoms with van der Waals surface area (Å²) in [5.74, 6) is 1.05. The van der Waals surface area contributed by atoms with Crippen LogP contribution < -0.4 is 0 Å². The third-order valence-electron chi connectivity index (χ3n) is 3.44. The lowest BCUT2D eigenvalue weighted by atomic mass is 10.1. The SMILES string of the molecule is CC(C)c1cc(Cl)nc(C2CN(C(C)C)CCO2)n1. The van der Waals surface area contributed by atoms with E-state index in [9.17, 15) is 0 Å². The third kappa shape index (κ3) is 3.65. The zero-order chi connectivity index (χ0) is 14.0. The van der Waals surface area contributed by atoms with Crippen molar-refractivity contribution in [3.63, 3.8) is 0 Å². The maximum atomic E-state index is 6.09. The molecule has 5 heteroatoms. The normalized spacial score (nSPS) is 21.3. The van der Waals surface area contributed by atoms with Crippen molar-refractivity contribution in [1.29, 1.82) is 0 Å². The van der Waals surface area contributed by atoms with Crippen LogP contribution in [0.1, 0.15) is 51.2 Å². The molecule has 0 N–H and O–H groups in total. The zero-order valence-corrected chi connectivity index (χ0v) is 12.8. The van der Waals surface area contributed by atoms with Gasteiger partial charge in [-0.3, -0.25) is 4.90 Å². The number of rotatable bonds is 3. The van der Waals surface area contributed by atoms with E-state index in [0.29, 0.717) is 22.9 Å². The fourth-order valence-corrected chi connectivity index (χ4v) is 2.39.